The van der Waals surface area contributed by atoms with Gasteiger partial charge in [-0.1, -0.05) is 66.7 Å². The number of allylic oxidation sites excluding steroid dienone is 1. The lowest BCUT2D eigenvalue weighted by Gasteiger charge is -2.28. The monoisotopic (exact) mass is 552 g/mol. The first-order chi connectivity index (χ1) is 19.9. The number of aldehydes is 1. The van der Waals surface area contributed by atoms with Gasteiger partial charge in [0.1, 0.15) is 25.4 Å². The number of hydrogen-bond acceptors (Lipinski definition) is 8. The average Bonchev–Trinajstić information content (AvgIpc) is 2.98. The quantitative estimate of drug-likeness (QED) is 0.121. The molecule has 1 atom stereocenters. The van der Waals surface area contributed by atoms with E-state index < -0.39 is 15.8 Å². The molecule has 0 N–H and O–H groups in total. The van der Waals surface area contributed by atoms with Crippen molar-refractivity contribution in [3.8, 4) is 11.5 Å². The molecule has 10 nitrogen and oxygen atoms in total. The Kier molecular flexibility index (Phi) is 7.73. The van der Waals surface area contributed by atoms with Gasteiger partial charge in [0.05, 0.1) is 9.85 Å². The Hall–Kier alpha value is -5.51. The van der Waals surface area contributed by atoms with Crippen LogP contribution in [0.2, 0.25) is 0 Å². The number of nitrogens with zero attached hydrogens (tertiary/aromatic N) is 2. The Morgan fingerprint density at radius 2 is 1.41 bits per heavy atom. The number of carbonyl (C=O) groups is 1. The van der Waals surface area contributed by atoms with Crippen LogP contribution in [0.5, 0.6) is 11.5 Å². The maximum Gasteiger partial charge on any atom is 0.312 e. The van der Waals surface area contributed by atoms with Crippen LogP contribution in [-0.4, -0.2) is 16.1 Å². The zero-order chi connectivity index (χ0) is 28.9. The second-order valence-corrected chi connectivity index (χ2v) is 9.36. The highest BCUT2D eigenvalue weighted by molar-refractivity contribution is 5.82. The summed E-state index contributed by atoms with van der Waals surface area (Å²) in [6, 6.07) is 25.6. The van der Waals surface area contributed by atoms with Crippen molar-refractivity contribution in [2.45, 2.75) is 26.1 Å². The molecule has 206 valence electrons. The van der Waals surface area contributed by atoms with Gasteiger partial charge in [0, 0.05) is 23.3 Å². The molecule has 0 aliphatic carbocycles. The van der Waals surface area contributed by atoms with E-state index in [2.05, 4.69) is 0 Å². The number of fused-ring (bicyclic) bond motifs is 1. The van der Waals surface area contributed by atoms with E-state index in [1.807, 2.05) is 60.7 Å². The molecule has 1 unspecified atom stereocenters. The van der Waals surface area contributed by atoms with Gasteiger partial charge in [-0.2, -0.15) is 0 Å². The molecule has 0 radical (unpaired) electrons. The van der Waals surface area contributed by atoms with Crippen LogP contribution in [0.4, 0.5) is 11.4 Å². The van der Waals surface area contributed by atoms with Gasteiger partial charge in [0.2, 0.25) is 5.75 Å². The summed E-state index contributed by atoms with van der Waals surface area (Å²) in [6.07, 6.45) is 0.622. The Labute approximate surface area is 234 Å². The molecule has 0 spiro atoms. The van der Waals surface area contributed by atoms with Crippen molar-refractivity contribution >= 4 is 23.4 Å². The minimum absolute atomic E-state index is 0.0275. The Balaban J connectivity index is 1.60. The third-order valence-electron chi connectivity index (χ3n) is 6.51. The van der Waals surface area contributed by atoms with E-state index in [-0.39, 0.29) is 58.7 Å². The van der Waals surface area contributed by atoms with E-state index in [0.29, 0.717) is 11.8 Å². The van der Waals surface area contributed by atoms with Gasteiger partial charge in [0.25, 0.3) is 0 Å². The SMILES string of the molecule is Cc1cc2c(c([N+](=O)[O-])c1)OC(c1ccc(OCc3ccccc3)c([N+](=O)[O-])c1)=C(OCc1ccccc1)C2C=O. The zero-order valence-electron chi connectivity index (χ0n) is 21.9. The molecule has 4 aromatic carbocycles. The summed E-state index contributed by atoms with van der Waals surface area (Å²) < 4.78 is 18.0. The first-order valence-corrected chi connectivity index (χ1v) is 12.6. The zero-order valence-corrected chi connectivity index (χ0v) is 21.9. The maximum absolute atomic E-state index is 12.5. The molecule has 0 saturated heterocycles. The fraction of sp³-hybridized carbons (Fsp3) is 0.129. The summed E-state index contributed by atoms with van der Waals surface area (Å²) in [6.45, 7) is 1.85. The largest absolute Gasteiger partial charge is 0.488 e. The first kappa shape index (κ1) is 27.1. The number of rotatable bonds is 10. The lowest BCUT2D eigenvalue weighted by Crippen LogP contribution is -2.19. The number of carbonyl (C=O) groups excluding carboxylic acids is 1. The van der Waals surface area contributed by atoms with Gasteiger partial charge >= 0.3 is 11.4 Å². The van der Waals surface area contributed by atoms with E-state index >= 15 is 0 Å². The van der Waals surface area contributed by atoms with E-state index in [9.17, 15) is 25.0 Å². The van der Waals surface area contributed by atoms with Gasteiger partial charge < -0.3 is 19.0 Å². The number of nitro benzene ring substituents is 2. The molecule has 41 heavy (non-hydrogen) atoms. The van der Waals surface area contributed by atoms with Crippen molar-refractivity contribution in [3.05, 3.63) is 145 Å². The van der Waals surface area contributed by atoms with Crippen LogP contribution in [-0.2, 0) is 22.7 Å². The van der Waals surface area contributed by atoms with Gasteiger partial charge in [-0.15, -0.1) is 0 Å². The predicted octanol–water partition coefficient (Wildman–Crippen LogP) is 6.65. The molecular formula is C31H24N2O8. The lowest BCUT2D eigenvalue weighted by atomic mass is 9.91. The van der Waals surface area contributed by atoms with Crippen molar-refractivity contribution in [1.82, 2.24) is 0 Å². The normalized spacial score (nSPS) is 14.0. The number of hydrogen-bond donors (Lipinski definition) is 0. The summed E-state index contributed by atoms with van der Waals surface area (Å²) in [5.74, 6) is -1.09. The summed E-state index contributed by atoms with van der Waals surface area (Å²) in [7, 11) is 0. The molecule has 0 saturated carbocycles. The van der Waals surface area contributed by atoms with Crippen LogP contribution in [0.1, 0.15) is 33.7 Å². The van der Waals surface area contributed by atoms with Crippen molar-refractivity contribution in [2.24, 2.45) is 0 Å². The second-order valence-electron chi connectivity index (χ2n) is 9.36. The van der Waals surface area contributed by atoms with Crippen molar-refractivity contribution in [3.63, 3.8) is 0 Å². The van der Waals surface area contributed by atoms with E-state index in [1.165, 1.54) is 24.3 Å². The lowest BCUT2D eigenvalue weighted by molar-refractivity contribution is -0.386. The molecule has 0 aromatic heterocycles. The van der Waals surface area contributed by atoms with Crippen LogP contribution in [0.3, 0.4) is 0 Å². The average molecular weight is 553 g/mol. The summed E-state index contributed by atoms with van der Waals surface area (Å²) in [5, 5.41) is 24.0. The molecule has 1 heterocycles. The van der Waals surface area contributed by atoms with Gasteiger partial charge in [-0.3, -0.25) is 20.2 Å². The fourth-order valence-electron chi connectivity index (χ4n) is 4.58. The van der Waals surface area contributed by atoms with Crippen molar-refractivity contribution < 1.29 is 28.9 Å². The Morgan fingerprint density at radius 1 is 0.805 bits per heavy atom. The smallest absolute Gasteiger partial charge is 0.312 e. The molecular weight excluding hydrogens is 528 g/mol. The first-order valence-electron chi connectivity index (χ1n) is 12.6. The van der Waals surface area contributed by atoms with Crippen LogP contribution in [0.15, 0.2) is 96.8 Å². The summed E-state index contributed by atoms with van der Waals surface area (Å²) in [5.41, 5.74) is 1.99. The topological polar surface area (TPSA) is 131 Å². The second kappa shape index (κ2) is 11.7. The van der Waals surface area contributed by atoms with Crippen LogP contribution >= 0.6 is 0 Å². The third-order valence-corrected chi connectivity index (χ3v) is 6.51. The summed E-state index contributed by atoms with van der Waals surface area (Å²) in [4.78, 5) is 35.3. The number of aryl methyl sites for hydroxylation is 1. The van der Waals surface area contributed by atoms with Gasteiger partial charge in [0.15, 0.2) is 17.3 Å². The van der Waals surface area contributed by atoms with Crippen LogP contribution in [0.25, 0.3) is 5.76 Å². The number of ether oxygens (including phenoxy) is 3. The van der Waals surface area contributed by atoms with E-state index in [4.69, 9.17) is 14.2 Å². The predicted molar refractivity (Wildman–Crippen MR) is 149 cm³/mol. The minimum Gasteiger partial charge on any atom is -0.488 e. The van der Waals surface area contributed by atoms with Crippen LogP contribution in [0, 0.1) is 27.2 Å². The van der Waals surface area contributed by atoms with E-state index in [1.54, 1.807) is 13.0 Å². The van der Waals surface area contributed by atoms with Gasteiger partial charge in [-0.05, 0) is 35.7 Å². The molecule has 1 aliphatic heterocycles. The highest BCUT2D eigenvalue weighted by Crippen LogP contribution is 2.48. The molecule has 0 amide bonds. The molecule has 0 bridgehead atoms. The number of benzene rings is 4. The van der Waals surface area contributed by atoms with E-state index in [0.717, 1.165) is 11.1 Å². The highest BCUT2D eigenvalue weighted by atomic mass is 16.6. The standard InChI is InChI=1S/C31H24N2O8/c1-20-14-24-25(17-34)31(40-19-22-10-6-3-7-11-22)29(41-30(24)27(15-20)33(37)38)23-12-13-28(26(16-23)32(35)36)39-18-21-8-4-2-5-9-21/h2-17,25H,18-19H2,1H3. The minimum atomic E-state index is -1.05. The van der Waals surface area contributed by atoms with Crippen molar-refractivity contribution in [1.29, 1.82) is 0 Å². The molecule has 5 rings (SSSR count). The van der Waals surface area contributed by atoms with Crippen LogP contribution < -0.4 is 9.47 Å². The van der Waals surface area contributed by atoms with Gasteiger partial charge in [-0.25, -0.2) is 0 Å². The van der Waals surface area contributed by atoms with Crippen molar-refractivity contribution in [2.75, 3.05) is 0 Å². The molecule has 1 aliphatic rings. The third kappa shape index (κ3) is 5.76. The highest BCUT2D eigenvalue weighted by Gasteiger charge is 2.37. The molecule has 4 aromatic rings. The Morgan fingerprint density at radius 3 is 2.00 bits per heavy atom. The number of nitro groups is 2. The fourth-order valence-corrected chi connectivity index (χ4v) is 4.58. The maximum atomic E-state index is 12.5. The molecule has 0 fully saturated rings. The molecule has 10 heteroatoms. The Bertz CT molecular complexity index is 1650. The summed E-state index contributed by atoms with van der Waals surface area (Å²) >= 11 is 0.